The normalized spacial score (nSPS) is 24.0. The van der Waals surface area contributed by atoms with Crippen LogP contribution in [0.5, 0.6) is 0 Å². The standard InChI is InChI=1S/C14H21NO3.CH6N2/c1-14(2,3)18-13(17)15-11-4-5-12(15)9-10(8-11)6-7-16;1-3-2/h6-7,11-12H,4-5,8-9H2,1-3H3;3H,2H2,1H3. The van der Waals surface area contributed by atoms with Crippen LogP contribution < -0.4 is 11.3 Å². The number of hydrazine groups is 1. The van der Waals surface area contributed by atoms with E-state index < -0.39 is 5.60 Å². The van der Waals surface area contributed by atoms with Crippen LogP contribution in [0.1, 0.15) is 46.5 Å². The third-order valence-electron chi connectivity index (χ3n) is 3.52. The fourth-order valence-corrected chi connectivity index (χ4v) is 2.90. The molecule has 6 nitrogen and oxygen atoms in total. The zero-order valence-corrected chi connectivity index (χ0v) is 13.4. The number of nitrogens with two attached hydrogens (primary N) is 1. The molecule has 2 heterocycles. The van der Waals surface area contributed by atoms with Crippen molar-refractivity contribution in [1.82, 2.24) is 10.3 Å². The molecule has 2 bridgehead atoms. The Morgan fingerprint density at radius 3 is 2.19 bits per heavy atom. The second-order valence-corrected chi connectivity index (χ2v) is 6.43. The molecular weight excluding hydrogens is 270 g/mol. The van der Waals surface area contributed by atoms with Crippen LogP contribution in [0, 0.1) is 0 Å². The number of carbonyl (C=O) groups is 2. The van der Waals surface area contributed by atoms with Gasteiger partial charge in [0.05, 0.1) is 0 Å². The van der Waals surface area contributed by atoms with E-state index in [4.69, 9.17) is 4.74 Å². The molecule has 2 fully saturated rings. The van der Waals surface area contributed by atoms with Gasteiger partial charge in [-0.05, 0) is 59.6 Å². The molecule has 2 aliphatic heterocycles. The first-order chi connectivity index (χ1) is 9.82. The van der Waals surface area contributed by atoms with Gasteiger partial charge >= 0.3 is 6.09 Å². The maximum atomic E-state index is 12.2. The van der Waals surface area contributed by atoms with Crippen LogP contribution >= 0.6 is 0 Å². The number of fused-ring (bicyclic) bond motifs is 2. The Bertz CT molecular complexity index is 385. The quantitative estimate of drug-likeness (QED) is 0.333. The molecule has 3 N–H and O–H groups in total. The first kappa shape index (κ1) is 17.7. The first-order valence-electron chi connectivity index (χ1n) is 7.34. The number of allylic oxidation sites excluding steroid dienone is 1. The zero-order valence-electron chi connectivity index (χ0n) is 13.4. The molecule has 0 spiro atoms. The molecule has 2 unspecified atom stereocenters. The van der Waals surface area contributed by atoms with E-state index in [9.17, 15) is 9.59 Å². The Labute approximate surface area is 126 Å². The SMILES string of the molecule is CC(C)(C)OC(=O)N1C2CCC1CC(=CC=O)C2.CNN. The zero-order chi connectivity index (χ0) is 16.0. The van der Waals surface area contributed by atoms with E-state index in [-0.39, 0.29) is 18.2 Å². The molecule has 0 aliphatic carbocycles. The number of hydrogen-bond acceptors (Lipinski definition) is 5. The van der Waals surface area contributed by atoms with Gasteiger partial charge in [-0.2, -0.15) is 0 Å². The van der Waals surface area contributed by atoms with Gasteiger partial charge in [0, 0.05) is 12.1 Å². The van der Waals surface area contributed by atoms with Gasteiger partial charge in [0.2, 0.25) is 0 Å². The minimum Gasteiger partial charge on any atom is -0.444 e. The molecule has 0 radical (unpaired) electrons. The molecule has 2 aliphatic rings. The van der Waals surface area contributed by atoms with Crippen molar-refractivity contribution in [3.05, 3.63) is 11.6 Å². The molecule has 2 atom stereocenters. The minimum atomic E-state index is -0.449. The van der Waals surface area contributed by atoms with E-state index >= 15 is 0 Å². The van der Waals surface area contributed by atoms with Crippen molar-refractivity contribution in [2.24, 2.45) is 5.84 Å². The molecule has 1 amide bonds. The Morgan fingerprint density at radius 1 is 1.33 bits per heavy atom. The van der Waals surface area contributed by atoms with Crippen molar-refractivity contribution in [3.63, 3.8) is 0 Å². The number of ether oxygens (including phenoxy) is 1. The van der Waals surface area contributed by atoms with Gasteiger partial charge < -0.3 is 9.64 Å². The highest BCUT2D eigenvalue weighted by Gasteiger charge is 2.42. The van der Waals surface area contributed by atoms with Crippen LogP contribution in [0.15, 0.2) is 11.6 Å². The van der Waals surface area contributed by atoms with Gasteiger partial charge in [-0.3, -0.25) is 16.1 Å². The van der Waals surface area contributed by atoms with Crippen molar-refractivity contribution in [1.29, 1.82) is 0 Å². The summed E-state index contributed by atoms with van der Waals surface area (Å²) in [6.07, 6.45) is 5.94. The molecule has 0 aromatic rings. The predicted molar refractivity (Wildman–Crippen MR) is 81.5 cm³/mol. The van der Waals surface area contributed by atoms with Crippen LogP contribution in [0.25, 0.3) is 0 Å². The highest BCUT2D eigenvalue weighted by Crippen LogP contribution is 2.38. The second-order valence-electron chi connectivity index (χ2n) is 6.43. The van der Waals surface area contributed by atoms with E-state index in [2.05, 4.69) is 11.3 Å². The topological polar surface area (TPSA) is 84.7 Å². The fourth-order valence-electron chi connectivity index (χ4n) is 2.90. The number of hydrogen-bond donors (Lipinski definition) is 2. The van der Waals surface area contributed by atoms with Gasteiger partial charge in [0.25, 0.3) is 0 Å². The summed E-state index contributed by atoms with van der Waals surface area (Å²) in [6, 6.07) is 0.426. The summed E-state index contributed by atoms with van der Waals surface area (Å²) in [5, 5.41) is 0. The third-order valence-corrected chi connectivity index (χ3v) is 3.52. The maximum absolute atomic E-state index is 12.2. The van der Waals surface area contributed by atoms with Gasteiger partial charge in [-0.25, -0.2) is 4.79 Å². The molecular formula is C15H27N3O3. The van der Waals surface area contributed by atoms with Gasteiger partial charge in [-0.15, -0.1) is 0 Å². The summed E-state index contributed by atoms with van der Waals surface area (Å²) >= 11 is 0. The summed E-state index contributed by atoms with van der Waals surface area (Å²) in [5.41, 5.74) is 2.97. The van der Waals surface area contributed by atoms with Crippen LogP contribution in [0.2, 0.25) is 0 Å². The van der Waals surface area contributed by atoms with Crippen LogP contribution in [0.4, 0.5) is 4.79 Å². The number of piperidine rings is 1. The van der Waals surface area contributed by atoms with E-state index in [0.717, 1.165) is 37.5 Å². The van der Waals surface area contributed by atoms with Crippen LogP contribution in [-0.4, -0.2) is 42.0 Å². The van der Waals surface area contributed by atoms with Crippen LogP contribution in [0.3, 0.4) is 0 Å². The highest BCUT2D eigenvalue weighted by atomic mass is 16.6. The maximum Gasteiger partial charge on any atom is 0.410 e. The number of aldehydes is 1. The minimum absolute atomic E-state index is 0.208. The molecule has 2 rings (SSSR count). The largest absolute Gasteiger partial charge is 0.444 e. The van der Waals surface area contributed by atoms with Crippen molar-refractivity contribution < 1.29 is 14.3 Å². The summed E-state index contributed by atoms with van der Waals surface area (Å²) in [5.74, 6) is 4.60. The molecule has 0 saturated carbocycles. The lowest BCUT2D eigenvalue weighted by Crippen LogP contribution is -2.47. The lowest BCUT2D eigenvalue weighted by molar-refractivity contribution is -0.104. The van der Waals surface area contributed by atoms with Gasteiger partial charge in [-0.1, -0.05) is 5.57 Å². The van der Waals surface area contributed by atoms with Gasteiger partial charge in [0.15, 0.2) is 0 Å². The molecule has 0 aromatic heterocycles. The highest BCUT2D eigenvalue weighted by molar-refractivity contribution is 5.71. The smallest absolute Gasteiger partial charge is 0.410 e. The lowest BCUT2D eigenvalue weighted by atomic mass is 9.97. The van der Waals surface area contributed by atoms with Crippen molar-refractivity contribution >= 4 is 12.4 Å². The summed E-state index contributed by atoms with van der Waals surface area (Å²) in [7, 11) is 1.65. The average Bonchev–Trinajstić information content (AvgIpc) is 2.61. The van der Waals surface area contributed by atoms with Crippen molar-refractivity contribution in [2.75, 3.05) is 7.05 Å². The molecule has 0 aromatic carbocycles. The van der Waals surface area contributed by atoms with Gasteiger partial charge in [0.1, 0.15) is 11.9 Å². The Hall–Kier alpha value is -1.40. The van der Waals surface area contributed by atoms with E-state index in [1.54, 1.807) is 13.1 Å². The van der Waals surface area contributed by atoms with Crippen molar-refractivity contribution in [2.45, 2.75) is 64.1 Å². The van der Waals surface area contributed by atoms with E-state index in [1.807, 2.05) is 25.7 Å². The average molecular weight is 297 g/mol. The molecule has 2 saturated heterocycles. The fraction of sp³-hybridized carbons (Fsp3) is 0.733. The number of carbonyl (C=O) groups excluding carboxylic acids is 2. The van der Waals surface area contributed by atoms with E-state index in [0.29, 0.717) is 0 Å². The summed E-state index contributed by atoms with van der Waals surface area (Å²) < 4.78 is 5.45. The number of rotatable bonds is 1. The Morgan fingerprint density at radius 2 is 1.81 bits per heavy atom. The van der Waals surface area contributed by atoms with Crippen molar-refractivity contribution in [3.8, 4) is 0 Å². The lowest BCUT2D eigenvalue weighted by Gasteiger charge is -2.37. The molecule has 6 heteroatoms. The Balaban J connectivity index is 0.000000677. The molecule has 120 valence electrons. The Kier molecular flexibility index (Phi) is 6.36. The number of nitrogens with zero attached hydrogens (tertiary/aromatic N) is 1. The first-order valence-corrected chi connectivity index (χ1v) is 7.34. The predicted octanol–water partition coefficient (Wildman–Crippen LogP) is 1.75. The number of amides is 1. The third kappa shape index (κ3) is 5.13. The monoisotopic (exact) mass is 297 g/mol. The summed E-state index contributed by atoms with van der Waals surface area (Å²) in [6.45, 7) is 5.65. The summed E-state index contributed by atoms with van der Waals surface area (Å²) in [4.78, 5) is 24.6. The second kappa shape index (κ2) is 7.56. The number of nitrogens with one attached hydrogen (secondary N) is 1. The molecule has 21 heavy (non-hydrogen) atoms. The van der Waals surface area contributed by atoms with Crippen LogP contribution in [-0.2, 0) is 9.53 Å². The van der Waals surface area contributed by atoms with E-state index in [1.165, 1.54) is 0 Å².